The normalized spacial score (nSPS) is 17.0. The Morgan fingerprint density at radius 2 is 2.11 bits per heavy atom. The zero-order valence-corrected chi connectivity index (χ0v) is 16.4. The van der Waals surface area contributed by atoms with Crippen LogP contribution in [-0.4, -0.2) is 67.9 Å². The average molecular weight is 381 g/mol. The molecule has 0 saturated carbocycles. The van der Waals surface area contributed by atoms with Gasteiger partial charge in [-0.2, -0.15) is 0 Å². The first-order valence-electron chi connectivity index (χ1n) is 9.47. The van der Waals surface area contributed by atoms with Crippen LogP contribution < -0.4 is 16.0 Å². The van der Waals surface area contributed by atoms with Gasteiger partial charge in [-0.15, -0.1) is 0 Å². The number of primary amides is 1. The number of ketones is 1. The number of benzene rings is 1. The number of hydrogen-bond acceptors (Lipinski definition) is 6. The number of pyridine rings is 1. The van der Waals surface area contributed by atoms with Crippen molar-refractivity contribution < 1.29 is 9.59 Å². The van der Waals surface area contributed by atoms with Crippen LogP contribution in [0.4, 0.5) is 5.69 Å². The Morgan fingerprint density at radius 3 is 2.86 bits per heavy atom. The minimum Gasteiger partial charge on any atom is -0.366 e. The van der Waals surface area contributed by atoms with Crippen molar-refractivity contribution in [3.05, 3.63) is 48.2 Å². The molecule has 1 amide bonds. The summed E-state index contributed by atoms with van der Waals surface area (Å²) in [6.07, 6.45) is 2.26. The third-order valence-corrected chi connectivity index (χ3v) is 4.94. The Bertz CT molecular complexity index is 852. The Balaban J connectivity index is 1.86. The molecule has 148 valence electrons. The standard InChI is InChI=1S/C21H27N5O2/c1-25(2)10-7-20(27)19-14-23-9-11-26(19)17-6-8-24-18(13-17)15-4-3-5-16(12-15)21(22)28/h3-6,8,12-13,19,23H,7,9-11,14H2,1-2H3,(H2,22,28). The number of carbonyl (C=O) groups is 2. The van der Waals surface area contributed by atoms with Gasteiger partial charge in [0.15, 0.2) is 5.78 Å². The highest BCUT2D eigenvalue weighted by molar-refractivity contribution is 5.94. The van der Waals surface area contributed by atoms with Gasteiger partial charge in [0.25, 0.3) is 0 Å². The fraction of sp³-hybridized carbons (Fsp3) is 0.381. The quantitative estimate of drug-likeness (QED) is 0.748. The van der Waals surface area contributed by atoms with E-state index in [-0.39, 0.29) is 11.8 Å². The van der Waals surface area contributed by atoms with Crippen LogP contribution in [0.3, 0.4) is 0 Å². The van der Waals surface area contributed by atoms with Gasteiger partial charge in [0.1, 0.15) is 6.04 Å². The second kappa shape index (κ2) is 8.95. The predicted molar refractivity (Wildman–Crippen MR) is 110 cm³/mol. The third-order valence-electron chi connectivity index (χ3n) is 4.94. The number of nitrogens with two attached hydrogens (primary N) is 1. The molecule has 1 fully saturated rings. The van der Waals surface area contributed by atoms with Crippen molar-refractivity contribution in [1.29, 1.82) is 0 Å². The lowest BCUT2D eigenvalue weighted by Crippen LogP contribution is -2.55. The zero-order chi connectivity index (χ0) is 20.1. The minimum atomic E-state index is -0.466. The molecule has 1 aliphatic rings. The van der Waals surface area contributed by atoms with Gasteiger partial charge in [0.2, 0.25) is 5.91 Å². The lowest BCUT2D eigenvalue weighted by molar-refractivity contribution is -0.120. The van der Waals surface area contributed by atoms with Crippen LogP contribution in [-0.2, 0) is 4.79 Å². The van der Waals surface area contributed by atoms with Crippen molar-refractivity contribution >= 4 is 17.4 Å². The summed E-state index contributed by atoms with van der Waals surface area (Å²) in [5, 5.41) is 3.33. The number of nitrogens with one attached hydrogen (secondary N) is 1. The van der Waals surface area contributed by atoms with E-state index in [1.165, 1.54) is 0 Å². The molecule has 1 unspecified atom stereocenters. The second-order valence-electron chi connectivity index (χ2n) is 7.28. The third kappa shape index (κ3) is 4.74. The van der Waals surface area contributed by atoms with E-state index >= 15 is 0 Å². The molecule has 3 rings (SSSR count). The largest absolute Gasteiger partial charge is 0.366 e. The van der Waals surface area contributed by atoms with Crippen LogP contribution in [0.5, 0.6) is 0 Å². The summed E-state index contributed by atoms with van der Waals surface area (Å²) in [5.41, 5.74) is 8.37. The molecular weight excluding hydrogens is 354 g/mol. The molecule has 1 saturated heterocycles. The van der Waals surface area contributed by atoms with Gasteiger partial charge in [-0.25, -0.2) is 0 Å². The topological polar surface area (TPSA) is 91.6 Å². The number of carbonyl (C=O) groups excluding carboxylic acids is 2. The first-order chi connectivity index (χ1) is 13.5. The number of hydrogen-bond donors (Lipinski definition) is 2. The molecule has 2 heterocycles. The van der Waals surface area contributed by atoms with E-state index in [4.69, 9.17) is 5.73 Å². The Kier molecular flexibility index (Phi) is 6.38. The van der Waals surface area contributed by atoms with E-state index in [0.717, 1.165) is 36.6 Å². The molecule has 3 N–H and O–H groups in total. The molecule has 0 bridgehead atoms. The summed E-state index contributed by atoms with van der Waals surface area (Å²) in [5.74, 6) is -0.235. The van der Waals surface area contributed by atoms with Crippen LogP contribution >= 0.6 is 0 Å². The summed E-state index contributed by atoms with van der Waals surface area (Å²) in [4.78, 5) is 32.9. The highest BCUT2D eigenvalue weighted by Gasteiger charge is 2.28. The molecule has 1 aromatic carbocycles. The van der Waals surface area contributed by atoms with Crippen LogP contribution in [0.15, 0.2) is 42.6 Å². The first-order valence-corrected chi connectivity index (χ1v) is 9.47. The van der Waals surface area contributed by atoms with Gasteiger partial charge in [-0.1, -0.05) is 12.1 Å². The van der Waals surface area contributed by atoms with Crippen LogP contribution in [0.2, 0.25) is 0 Å². The fourth-order valence-corrected chi connectivity index (χ4v) is 3.39. The Labute approximate surface area is 165 Å². The lowest BCUT2D eigenvalue weighted by atomic mass is 10.0. The lowest BCUT2D eigenvalue weighted by Gasteiger charge is -2.37. The molecule has 2 aromatic rings. The van der Waals surface area contributed by atoms with Crippen LogP contribution in [0.1, 0.15) is 16.8 Å². The van der Waals surface area contributed by atoms with E-state index in [1.807, 2.05) is 37.2 Å². The molecule has 1 atom stereocenters. The zero-order valence-electron chi connectivity index (χ0n) is 16.4. The van der Waals surface area contributed by atoms with Crippen molar-refractivity contribution in [3.63, 3.8) is 0 Å². The number of nitrogens with zero attached hydrogens (tertiary/aromatic N) is 3. The monoisotopic (exact) mass is 381 g/mol. The summed E-state index contributed by atoms with van der Waals surface area (Å²) in [6.45, 7) is 2.96. The maximum absolute atomic E-state index is 12.8. The van der Waals surface area contributed by atoms with Crippen molar-refractivity contribution in [2.24, 2.45) is 5.73 Å². The molecular formula is C21H27N5O2. The average Bonchev–Trinajstić information content (AvgIpc) is 2.72. The molecule has 0 radical (unpaired) electrons. The Morgan fingerprint density at radius 1 is 1.29 bits per heavy atom. The van der Waals surface area contributed by atoms with Gasteiger partial charge in [-0.3, -0.25) is 14.6 Å². The number of rotatable bonds is 7. The molecule has 7 nitrogen and oxygen atoms in total. The summed E-state index contributed by atoms with van der Waals surface area (Å²) < 4.78 is 0. The van der Waals surface area contributed by atoms with Crippen molar-refractivity contribution in [2.75, 3.05) is 45.2 Å². The van der Waals surface area contributed by atoms with Gasteiger partial charge < -0.3 is 20.9 Å². The van der Waals surface area contributed by atoms with Gasteiger partial charge in [0, 0.05) is 55.6 Å². The van der Waals surface area contributed by atoms with E-state index in [2.05, 4.69) is 15.2 Å². The SMILES string of the molecule is CN(C)CCC(=O)C1CNCCN1c1ccnc(-c2cccc(C(N)=O)c2)c1. The first kappa shape index (κ1) is 20.0. The number of Topliss-reactive ketones (excluding diaryl/α,β-unsaturated/α-hetero) is 1. The van der Waals surface area contributed by atoms with E-state index in [9.17, 15) is 9.59 Å². The summed E-state index contributed by atoms with van der Waals surface area (Å²) >= 11 is 0. The molecule has 28 heavy (non-hydrogen) atoms. The van der Waals surface area contributed by atoms with Crippen molar-refractivity contribution in [2.45, 2.75) is 12.5 Å². The predicted octanol–water partition coefficient (Wildman–Crippen LogP) is 1.15. The van der Waals surface area contributed by atoms with Gasteiger partial charge in [-0.05, 0) is 38.4 Å². The molecule has 0 spiro atoms. The molecule has 1 aliphatic heterocycles. The van der Waals surface area contributed by atoms with Gasteiger partial charge in [0.05, 0.1) is 5.69 Å². The Hall–Kier alpha value is -2.77. The molecule has 0 aliphatic carbocycles. The maximum Gasteiger partial charge on any atom is 0.248 e. The van der Waals surface area contributed by atoms with Crippen molar-refractivity contribution in [1.82, 2.24) is 15.2 Å². The second-order valence-corrected chi connectivity index (χ2v) is 7.28. The fourth-order valence-electron chi connectivity index (χ4n) is 3.39. The number of amides is 1. The highest BCUT2D eigenvalue weighted by Crippen LogP contribution is 2.25. The van der Waals surface area contributed by atoms with E-state index < -0.39 is 5.91 Å². The summed E-state index contributed by atoms with van der Waals surface area (Å²) in [6, 6.07) is 10.8. The van der Waals surface area contributed by atoms with E-state index in [0.29, 0.717) is 18.5 Å². The maximum atomic E-state index is 12.8. The van der Waals surface area contributed by atoms with Crippen molar-refractivity contribution in [3.8, 4) is 11.3 Å². The number of anilines is 1. The summed E-state index contributed by atoms with van der Waals surface area (Å²) in [7, 11) is 3.94. The molecule has 1 aromatic heterocycles. The van der Waals surface area contributed by atoms with Crippen LogP contribution in [0, 0.1) is 0 Å². The number of aromatic nitrogens is 1. The minimum absolute atomic E-state index is 0.194. The van der Waals surface area contributed by atoms with Crippen LogP contribution in [0.25, 0.3) is 11.3 Å². The molecule has 7 heteroatoms. The highest BCUT2D eigenvalue weighted by atomic mass is 16.1. The smallest absolute Gasteiger partial charge is 0.248 e. The van der Waals surface area contributed by atoms with Gasteiger partial charge >= 0.3 is 0 Å². The number of piperazine rings is 1. The van der Waals surface area contributed by atoms with E-state index in [1.54, 1.807) is 24.4 Å².